The number of ether oxygens (including phenoxy) is 1. The van der Waals surface area contributed by atoms with E-state index in [1.54, 1.807) is 11.1 Å². The van der Waals surface area contributed by atoms with Crippen molar-refractivity contribution < 1.29 is 14.3 Å². The fourth-order valence-electron chi connectivity index (χ4n) is 3.97. The van der Waals surface area contributed by atoms with E-state index in [0.717, 1.165) is 43.5 Å². The molecule has 1 aromatic heterocycles. The van der Waals surface area contributed by atoms with Crippen LogP contribution in [0.5, 0.6) is 0 Å². The van der Waals surface area contributed by atoms with E-state index in [9.17, 15) is 9.59 Å². The van der Waals surface area contributed by atoms with Gasteiger partial charge in [-0.05, 0) is 37.7 Å². The number of likely N-dealkylation sites (tertiary alicyclic amines) is 1. The monoisotopic (exact) mass is 359 g/mol. The average molecular weight is 359 g/mol. The van der Waals surface area contributed by atoms with Crippen molar-refractivity contribution in [1.82, 2.24) is 20.2 Å². The summed E-state index contributed by atoms with van der Waals surface area (Å²) in [5.41, 5.74) is 7.58. The van der Waals surface area contributed by atoms with Crippen LogP contribution >= 0.6 is 0 Å². The van der Waals surface area contributed by atoms with Crippen LogP contribution in [-0.4, -0.2) is 58.5 Å². The molecule has 0 saturated carbocycles. The van der Waals surface area contributed by atoms with E-state index in [1.807, 2.05) is 0 Å². The Hall–Kier alpha value is -2.22. The lowest BCUT2D eigenvalue weighted by atomic mass is 9.86. The van der Waals surface area contributed by atoms with E-state index in [2.05, 4.69) is 15.3 Å². The number of hydrogen-bond acceptors (Lipinski definition) is 6. The fraction of sp³-hybridized carbons (Fsp3) is 0.667. The Bertz CT molecular complexity index is 698. The van der Waals surface area contributed by atoms with Crippen LogP contribution in [0.15, 0.2) is 6.20 Å². The normalized spacial score (nSPS) is 25.5. The highest BCUT2D eigenvalue weighted by Gasteiger charge is 2.35. The minimum absolute atomic E-state index is 0.0556. The van der Waals surface area contributed by atoms with Gasteiger partial charge in [0.05, 0.1) is 18.6 Å². The van der Waals surface area contributed by atoms with E-state index >= 15 is 0 Å². The van der Waals surface area contributed by atoms with Crippen LogP contribution in [0.2, 0.25) is 0 Å². The topological polar surface area (TPSA) is 110 Å². The van der Waals surface area contributed by atoms with Crippen molar-refractivity contribution in [3.8, 4) is 0 Å². The number of nitrogens with zero attached hydrogens (tertiary/aromatic N) is 3. The van der Waals surface area contributed by atoms with E-state index in [-0.39, 0.29) is 35.8 Å². The predicted octanol–water partition coefficient (Wildman–Crippen LogP) is 0.0598. The number of hydrogen-bond donors (Lipinski definition) is 2. The van der Waals surface area contributed by atoms with Gasteiger partial charge in [0.25, 0.3) is 0 Å². The molecular formula is C18H25N5O3. The minimum atomic E-state index is -0.0636. The summed E-state index contributed by atoms with van der Waals surface area (Å²) in [7, 11) is 0. The van der Waals surface area contributed by atoms with Gasteiger partial charge in [0.2, 0.25) is 17.8 Å². The Morgan fingerprint density at radius 2 is 2.19 bits per heavy atom. The summed E-state index contributed by atoms with van der Waals surface area (Å²) < 4.78 is 5.51. The van der Waals surface area contributed by atoms with E-state index in [0.29, 0.717) is 25.9 Å². The third-order valence-corrected chi connectivity index (χ3v) is 5.55. The lowest BCUT2D eigenvalue weighted by Crippen LogP contribution is -2.62. The molecule has 140 valence electrons. The lowest BCUT2D eigenvalue weighted by molar-refractivity contribution is -0.140. The van der Waals surface area contributed by atoms with Crippen LogP contribution in [0, 0.1) is 5.92 Å². The smallest absolute Gasteiger partial charge is 0.225 e. The first-order chi connectivity index (χ1) is 12.6. The number of aromatic nitrogens is 2. The largest absolute Gasteiger partial charge is 0.378 e. The zero-order valence-electron chi connectivity index (χ0n) is 14.8. The van der Waals surface area contributed by atoms with Gasteiger partial charge in [0.15, 0.2) is 0 Å². The van der Waals surface area contributed by atoms with Gasteiger partial charge in [-0.3, -0.25) is 9.59 Å². The highest BCUT2D eigenvalue weighted by molar-refractivity contribution is 5.81. The van der Waals surface area contributed by atoms with Gasteiger partial charge in [-0.15, -0.1) is 0 Å². The molecule has 3 aliphatic rings. The maximum Gasteiger partial charge on any atom is 0.225 e. The quantitative estimate of drug-likeness (QED) is 0.786. The molecule has 2 amide bonds. The van der Waals surface area contributed by atoms with Gasteiger partial charge in [-0.25, -0.2) is 9.97 Å². The Labute approximate surface area is 152 Å². The molecular weight excluding hydrogens is 334 g/mol. The van der Waals surface area contributed by atoms with Crippen molar-refractivity contribution in [1.29, 1.82) is 0 Å². The summed E-state index contributed by atoms with van der Waals surface area (Å²) in [5.74, 6) is 0.410. The minimum Gasteiger partial charge on any atom is -0.378 e. The van der Waals surface area contributed by atoms with Crippen molar-refractivity contribution in [2.75, 3.05) is 25.4 Å². The second-order valence-corrected chi connectivity index (χ2v) is 7.48. The summed E-state index contributed by atoms with van der Waals surface area (Å²) in [6.45, 7) is 1.96. The molecule has 4 rings (SSSR count). The van der Waals surface area contributed by atoms with Crippen molar-refractivity contribution in [2.24, 2.45) is 5.92 Å². The molecule has 3 heterocycles. The van der Waals surface area contributed by atoms with Gasteiger partial charge in [-0.1, -0.05) is 0 Å². The maximum atomic E-state index is 12.5. The molecule has 0 aromatic carbocycles. The molecule has 1 aliphatic carbocycles. The number of nitrogens with two attached hydrogens (primary N) is 1. The van der Waals surface area contributed by atoms with Crippen molar-refractivity contribution in [3.63, 3.8) is 0 Å². The summed E-state index contributed by atoms with van der Waals surface area (Å²) in [6.07, 6.45) is 6.44. The Balaban J connectivity index is 1.22. The second-order valence-electron chi connectivity index (χ2n) is 7.48. The Morgan fingerprint density at radius 3 is 2.96 bits per heavy atom. The third kappa shape index (κ3) is 3.65. The molecule has 2 saturated heterocycles. The molecule has 2 fully saturated rings. The van der Waals surface area contributed by atoms with E-state index < -0.39 is 0 Å². The van der Waals surface area contributed by atoms with Crippen LogP contribution in [-0.2, 0) is 27.2 Å². The average Bonchev–Trinajstić information content (AvgIpc) is 3.09. The molecule has 2 aliphatic heterocycles. The summed E-state index contributed by atoms with van der Waals surface area (Å²) in [5, 5.41) is 3.08. The van der Waals surface area contributed by atoms with Crippen molar-refractivity contribution in [3.05, 3.63) is 17.5 Å². The van der Waals surface area contributed by atoms with E-state index in [4.69, 9.17) is 10.5 Å². The summed E-state index contributed by atoms with van der Waals surface area (Å²) in [6, 6.07) is 0.0556. The first kappa shape index (κ1) is 17.2. The molecule has 2 atom stereocenters. The number of amides is 2. The predicted molar refractivity (Wildman–Crippen MR) is 94.1 cm³/mol. The maximum absolute atomic E-state index is 12.5. The van der Waals surface area contributed by atoms with Gasteiger partial charge >= 0.3 is 0 Å². The molecule has 0 spiro atoms. The van der Waals surface area contributed by atoms with Crippen LogP contribution in [0.4, 0.5) is 5.95 Å². The van der Waals surface area contributed by atoms with Gasteiger partial charge in [-0.2, -0.15) is 0 Å². The highest BCUT2D eigenvalue weighted by Crippen LogP contribution is 2.25. The number of carbonyl (C=O) groups excluding carboxylic acids is 2. The SMILES string of the molecule is Nc1ncc2c(n1)CCC(C(=O)NC1CN(C(=O)CC3CCCO3)C1)C2. The number of fused-ring (bicyclic) bond motifs is 1. The molecule has 1 aromatic rings. The van der Waals surface area contributed by atoms with E-state index in [1.165, 1.54) is 0 Å². The fourth-order valence-corrected chi connectivity index (χ4v) is 3.97. The van der Waals surface area contributed by atoms with Crippen LogP contribution in [0.1, 0.15) is 36.9 Å². The molecule has 8 nitrogen and oxygen atoms in total. The van der Waals surface area contributed by atoms with Crippen molar-refractivity contribution >= 4 is 17.8 Å². The first-order valence-electron chi connectivity index (χ1n) is 9.38. The molecule has 3 N–H and O–H groups in total. The van der Waals surface area contributed by atoms with Crippen LogP contribution in [0.3, 0.4) is 0 Å². The number of rotatable bonds is 4. The van der Waals surface area contributed by atoms with Gasteiger partial charge in [0, 0.05) is 37.5 Å². The van der Waals surface area contributed by atoms with Crippen LogP contribution < -0.4 is 11.1 Å². The molecule has 0 bridgehead atoms. The number of anilines is 1. The van der Waals surface area contributed by atoms with Gasteiger partial charge in [0.1, 0.15) is 0 Å². The third-order valence-electron chi connectivity index (χ3n) is 5.55. The van der Waals surface area contributed by atoms with Crippen molar-refractivity contribution in [2.45, 2.75) is 50.7 Å². The molecule has 2 unspecified atom stereocenters. The highest BCUT2D eigenvalue weighted by atomic mass is 16.5. The molecule has 0 radical (unpaired) electrons. The zero-order valence-corrected chi connectivity index (χ0v) is 14.8. The lowest BCUT2D eigenvalue weighted by Gasteiger charge is -2.40. The molecule has 8 heteroatoms. The Kier molecular flexibility index (Phi) is 4.76. The zero-order chi connectivity index (χ0) is 18.1. The first-order valence-corrected chi connectivity index (χ1v) is 9.38. The summed E-state index contributed by atoms with van der Waals surface area (Å²) >= 11 is 0. The van der Waals surface area contributed by atoms with Crippen LogP contribution in [0.25, 0.3) is 0 Å². The number of carbonyl (C=O) groups is 2. The number of aryl methyl sites for hydroxylation is 1. The number of nitrogens with one attached hydrogen (secondary N) is 1. The molecule has 26 heavy (non-hydrogen) atoms. The Morgan fingerprint density at radius 1 is 1.35 bits per heavy atom. The summed E-state index contributed by atoms with van der Waals surface area (Å²) in [4.78, 5) is 34.8. The standard InChI is InChI=1S/C18H25N5O3/c19-18-20-8-12-6-11(3-4-15(12)22-18)17(25)21-13-9-23(10-13)16(24)7-14-2-1-5-26-14/h8,11,13-14H,1-7,9-10H2,(H,21,25)(H2,19,20,22). The van der Waals surface area contributed by atoms with Gasteiger partial charge < -0.3 is 20.7 Å². The second kappa shape index (κ2) is 7.19. The number of nitrogen functional groups attached to an aromatic ring is 1.